The van der Waals surface area contributed by atoms with Gasteiger partial charge in [-0.15, -0.1) is 24.0 Å². The maximum atomic E-state index is 5.45. The molecule has 1 heterocycles. The Morgan fingerprint density at radius 2 is 1.85 bits per heavy atom. The van der Waals surface area contributed by atoms with E-state index < -0.39 is 0 Å². The lowest BCUT2D eigenvalue weighted by atomic mass is 10.2. The number of rotatable bonds is 7. The largest absolute Gasteiger partial charge is 0.497 e. The van der Waals surface area contributed by atoms with Gasteiger partial charge in [-0.25, -0.2) is 0 Å². The van der Waals surface area contributed by atoms with E-state index in [0.717, 1.165) is 55.7 Å². The van der Waals surface area contributed by atoms with E-state index in [2.05, 4.69) is 39.4 Å². The fraction of sp³-hybridized carbons (Fsp3) is 0.632. The zero-order valence-corrected chi connectivity index (χ0v) is 19.4. The smallest absolute Gasteiger partial charge is 0.191 e. The van der Waals surface area contributed by atoms with Crippen molar-refractivity contribution in [3.63, 3.8) is 0 Å². The minimum Gasteiger partial charge on any atom is -0.497 e. The first-order chi connectivity index (χ1) is 12.6. The monoisotopic (exact) mass is 491 g/mol. The SMILES string of the molecule is CN=C(NCc1ccc(OC)cc1OC)NCC(C)N1CCN(C)CC1.I. The van der Waals surface area contributed by atoms with Crippen molar-refractivity contribution in [2.24, 2.45) is 4.99 Å². The number of piperazine rings is 1. The van der Waals surface area contributed by atoms with Gasteiger partial charge in [0.05, 0.1) is 14.2 Å². The molecular formula is C19H34IN5O2. The molecule has 0 amide bonds. The predicted octanol–water partition coefficient (Wildman–Crippen LogP) is 1.62. The quantitative estimate of drug-likeness (QED) is 0.344. The predicted molar refractivity (Wildman–Crippen MR) is 122 cm³/mol. The number of guanidine groups is 1. The van der Waals surface area contributed by atoms with Crippen LogP contribution in [-0.4, -0.2) is 82.8 Å². The first-order valence-electron chi connectivity index (χ1n) is 9.15. The number of aliphatic imine (C=N–C) groups is 1. The molecule has 0 saturated carbocycles. The van der Waals surface area contributed by atoms with E-state index in [0.29, 0.717) is 12.6 Å². The van der Waals surface area contributed by atoms with Gasteiger partial charge in [-0.2, -0.15) is 0 Å². The highest BCUT2D eigenvalue weighted by molar-refractivity contribution is 14.0. The summed E-state index contributed by atoms with van der Waals surface area (Å²) in [6.45, 7) is 8.27. The fourth-order valence-electron chi connectivity index (χ4n) is 3.03. The maximum absolute atomic E-state index is 5.45. The summed E-state index contributed by atoms with van der Waals surface area (Å²) in [6.07, 6.45) is 0. The molecule has 7 nitrogen and oxygen atoms in total. The van der Waals surface area contributed by atoms with Gasteiger partial charge >= 0.3 is 0 Å². The molecule has 1 unspecified atom stereocenters. The number of halogens is 1. The Kier molecular flexibility index (Phi) is 10.8. The first-order valence-corrected chi connectivity index (χ1v) is 9.15. The molecule has 0 aromatic heterocycles. The van der Waals surface area contributed by atoms with Crippen LogP contribution in [0.2, 0.25) is 0 Å². The average Bonchev–Trinajstić information content (AvgIpc) is 2.68. The van der Waals surface area contributed by atoms with Crippen LogP contribution < -0.4 is 20.1 Å². The van der Waals surface area contributed by atoms with E-state index in [-0.39, 0.29) is 24.0 Å². The summed E-state index contributed by atoms with van der Waals surface area (Å²) in [5.74, 6) is 2.39. The van der Waals surface area contributed by atoms with Crippen molar-refractivity contribution < 1.29 is 9.47 Å². The Labute approximate surface area is 180 Å². The molecule has 0 aliphatic carbocycles. The zero-order chi connectivity index (χ0) is 18.9. The number of methoxy groups -OCH3 is 2. The summed E-state index contributed by atoms with van der Waals surface area (Å²) < 4.78 is 10.7. The number of hydrogen-bond donors (Lipinski definition) is 2. The second kappa shape index (κ2) is 12.2. The van der Waals surface area contributed by atoms with Gasteiger partial charge in [0.2, 0.25) is 0 Å². The third kappa shape index (κ3) is 7.34. The molecule has 0 radical (unpaired) electrons. The normalized spacial score (nSPS) is 17.0. The summed E-state index contributed by atoms with van der Waals surface area (Å²) in [7, 11) is 7.30. The zero-order valence-electron chi connectivity index (χ0n) is 17.1. The molecule has 1 aromatic carbocycles. The Morgan fingerprint density at radius 1 is 1.15 bits per heavy atom. The molecule has 1 aromatic rings. The molecule has 0 spiro atoms. The molecule has 1 atom stereocenters. The molecule has 1 aliphatic rings. The highest BCUT2D eigenvalue weighted by Crippen LogP contribution is 2.24. The fourth-order valence-corrected chi connectivity index (χ4v) is 3.03. The number of ether oxygens (including phenoxy) is 2. The van der Waals surface area contributed by atoms with Gasteiger partial charge in [0, 0.05) is 64.0 Å². The molecule has 2 rings (SSSR count). The maximum Gasteiger partial charge on any atom is 0.191 e. The van der Waals surface area contributed by atoms with Crippen molar-refractivity contribution >= 4 is 29.9 Å². The number of likely N-dealkylation sites (N-methyl/N-ethyl adjacent to an activating group) is 1. The molecule has 1 aliphatic heterocycles. The molecule has 0 bridgehead atoms. The van der Waals surface area contributed by atoms with Gasteiger partial charge in [0.1, 0.15) is 11.5 Å². The minimum atomic E-state index is 0. The van der Waals surface area contributed by atoms with E-state index in [1.165, 1.54) is 0 Å². The van der Waals surface area contributed by atoms with Crippen molar-refractivity contribution in [2.75, 3.05) is 61.0 Å². The lowest BCUT2D eigenvalue weighted by Crippen LogP contribution is -2.52. The van der Waals surface area contributed by atoms with E-state index in [4.69, 9.17) is 9.47 Å². The lowest BCUT2D eigenvalue weighted by Gasteiger charge is -2.36. The molecule has 154 valence electrons. The van der Waals surface area contributed by atoms with E-state index in [1.54, 1.807) is 21.3 Å². The highest BCUT2D eigenvalue weighted by atomic mass is 127. The van der Waals surface area contributed by atoms with Gasteiger partial charge in [-0.3, -0.25) is 9.89 Å². The van der Waals surface area contributed by atoms with E-state index in [9.17, 15) is 0 Å². The third-order valence-corrected chi connectivity index (χ3v) is 4.89. The van der Waals surface area contributed by atoms with Crippen molar-refractivity contribution in [2.45, 2.75) is 19.5 Å². The van der Waals surface area contributed by atoms with E-state index in [1.807, 2.05) is 18.2 Å². The third-order valence-electron chi connectivity index (χ3n) is 4.89. The van der Waals surface area contributed by atoms with Crippen LogP contribution in [0.25, 0.3) is 0 Å². The van der Waals surface area contributed by atoms with Gasteiger partial charge in [0.15, 0.2) is 5.96 Å². The topological polar surface area (TPSA) is 61.4 Å². The number of nitrogens with one attached hydrogen (secondary N) is 2. The molecule has 1 fully saturated rings. The van der Waals surface area contributed by atoms with Crippen LogP contribution in [0.1, 0.15) is 12.5 Å². The van der Waals surface area contributed by atoms with Crippen LogP contribution in [0, 0.1) is 0 Å². The van der Waals surface area contributed by atoms with Crippen LogP contribution >= 0.6 is 24.0 Å². The van der Waals surface area contributed by atoms with E-state index >= 15 is 0 Å². The van der Waals surface area contributed by atoms with Crippen LogP contribution in [0.5, 0.6) is 11.5 Å². The van der Waals surface area contributed by atoms with Crippen LogP contribution in [0.3, 0.4) is 0 Å². The summed E-state index contributed by atoms with van der Waals surface area (Å²) in [4.78, 5) is 9.22. The minimum absolute atomic E-state index is 0. The molecule has 8 heteroatoms. The lowest BCUT2D eigenvalue weighted by molar-refractivity contribution is 0.120. The molecule has 2 N–H and O–H groups in total. The number of benzene rings is 1. The van der Waals surface area contributed by atoms with Crippen molar-refractivity contribution in [1.29, 1.82) is 0 Å². The molecule has 1 saturated heterocycles. The Balaban J connectivity index is 0.00000364. The molecular weight excluding hydrogens is 457 g/mol. The summed E-state index contributed by atoms with van der Waals surface area (Å²) in [5.41, 5.74) is 1.06. The van der Waals surface area contributed by atoms with Gasteiger partial charge in [-0.1, -0.05) is 0 Å². The first kappa shape index (κ1) is 23.8. The summed E-state index contributed by atoms with van der Waals surface area (Å²) in [6, 6.07) is 6.30. The standard InChI is InChI=1S/C19H33N5O2.HI/c1-15(24-10-8-23(3)9-11-24)13-21-19(20-2)22-14-16-6-7-17(25-4)12-18(16)26-5;/h6-7,12,15H,8-11,13-14H2,1-5H3,(H2,20,21,22);1H. The average molecular weight is 491 g/mol. The van der Waals surface area contributed by atoms with Gasteiger partial charge in [-0.05, 0) is 26.1 Å². The Hall–Kier alpha value is -1.26. The van der Waals surface area contributed by atoms with Crippen molar-refractivity contribution in [3.05, 3.63) is 23.8 Å². The second-order valence-electron chi connectivity index (χ2n) is 6.67. The van der Waals surface area contributed by atoms with Gasteiger partial charge in [0.25, 0.3) is 0 Å². The van der Waals surface area contributed by atoms with Crippen LogP contribution in [0.15, 0.2) is 23.2 Å². The van der Waals surface area contributed by atoms with Crippen LogP contribution in [0.4, 0.5) is 0 Å². The summed E-state index contributed by atoms with van der Waals surface area (Å²) >= 11 is 0. The molecule has 27 heavy (non-hydrogen) atoms. The number of nitrogens with zero attached hydrogens (tertiary/aromatic N) is 3. The van der Waals surface area contributed by atoms with Crippen LogP contribution in [-0.2, 0) is 6.54 Å². The van der Waals surface area contributed by atoms with Crippen molar-refractivity contribution in [3.8, 4) is 11.5 Å². The Bertz CT molecular complexity index is 591. The summed E-state index contributed by atoms with van der Waals surface area (Å²) in [5, 5.41) is 6.78. The highest BCUT2D eigenvalue weighted by Gasteiger charge is 2.19. The van der Waals surface area contributed by atoms with Crippen molar-refractivity contribution in [1.82, 2.24) is 20.4 Å². The van der Waals surface area contributed by atoms with Gasteiger partial charge < -0.3 is 25.0 Å². The second-order valence-corrected chi connectivity index (χ2v) is 6.67. The Morgan fingerprint density at radius 3 is 2.44 bits per heavy atom. The number of hydrogen-bond acceptors (Lipinski definition) is 5.